The highest BCUT2D eigenvalue weighted by molar-refractivity contribution is 6.12. The first kappa shape index (κ1) is 67.7. The van der Waals surface area contributed by atoms with Gasteiger partial charge in [-0.05, 0) is 222 Å². The zero-order chi connectivity index (χ0) is 74.5. The van der Waals surface area contributed by atoms with Gasteiger partial charge in [0.15, 0.2) is 0 Å². The number of nitrogens with zero attached hydrogens (tertiary/aromatic N) is 4. The average molecular weight is 1430 g/mol. The molecule has 0 saturated heterocycles. The van der Waals surface area contributed by atoms with Gasteiger partial charge < -0.3 is 18.9 Å². The number of para-hydroxylation sites is 2. The summed E-state index contributed by atoms with van der Waals surface area (Å²) in [6.07, 6.45) is 0. The fourth-order valence-corrected chi connectivity index (χ4v) is 16.0. The maximum absolute atomic E-state index is 2.40. The lowest BCUT2D eigenvalue weighted by Gasteiger charge is -2.26. The van der Waals surface area contributed by atoms with Crippen molar-refractivity contribution in [3.8, 4) is 100 Å². The van der Waals surface area contributed by atoms with Crippen LogP contribution in [0.4, 0.5) is 34.1 Å². The van der Waals surface area contributed by atoms with Gasteiger partial charge in [-0.25, -0.2) is 0 Å². The van der Waals surface area contributed by atoms with Gasteiger partial charge in [0.25, 0.3) is 0 Å². The normalized spacial score (nSPS) is 11.2. The van der Waals surface area contributed by atoms with E-state index < -0.39 is 0 Å². The van der Waals surface area contributed by atoms with Crippen LogP contribution in [0.25, 0.3) is 144 Å². The number of hydrogen-bond acceptors (Lipinski definition) is 2. The molecule has 112 heavy (non-hydrogen) atoms. The molecule has 20 aromatic rings. The molecule has 0 aliphatic heterocycles. The highest BCUT2D eigenvalue weighted by Gasteiger charge is 2.21. The first-order valence-electron chi connectivity index (χ1n) is 38.3. The summed E-state index contributed by atoms with van der Waals surface area (Å²) in [6.45, 7) is 0. The second-order valence-corrected chi connectivity index (χ2v) is 28.4. The molecule has 528 valence electrons. The van der Waals surface area contributed by atoms with Crippen molar-refractivity contribution in [1.29, 1.82) is 0 Å². The van der Waals surface area contributed by atoms with Crippen molar-refractivity contribution in [2.45, 2.75) is 0 Å². The van der Waals surface area contributed by atoms with E-state index in [4.69, 9.17) is 0 Å². The number of benzene rings is 18. The van der Waals surface area contributed by atoms with Gasteiger partial charge in [0.05, 0.1) is 22.1 Å². The van der Waals surface area contributed by atoms with Gasteiger partial charge in [-0.15, -0.1) is 0 Å². The molecule has 4 heteroatoms. The molecule has 0 amide bonds. The summed E-state index contributed by atoms with van der Waals surface area (Å²) < 4.78 is 4.79. The molecule has 0 unspecified atom stereocenters. The summed E-state index contributed by atoms with van der Waals surface area (Å²) in [4.78, 5) is 4.69. The van der Waals surface area contributed by atoms with Crippen LogP contribution in [0.5, 0.6) is 0 Å². The largest absolute Gasteiger partial charge is 0.311 e. The van der Waals surface area contributed by atoms with Crippen LogP contribution >= 0.6 is 0 Å². The van der Waals surface area contributed by atoms with E-state index in [1.165, 1.54) is 133 Å². The molecule has 0 radical (unpaired) electrons. The summed E-state index contributed by atoms with van der Waals surface area (Å²) in [5.74, 6) is 0. The first-order valence-corrected chi connectivity index (χ1v) is 38.3. The van der Waals surface area contributed by atoms with Crippen LogP contribution in [0, 0.1) is 0 Å². The maximum atomic E-state index is 2.40. The Morgan fingerprint density at radius 3 is 0.661 bits per heavy atom. The van der Waals surface area contributed by atoms with Gasteiger partial charge in [0.1, 0.15) is 0 Å². The van der Waals surface area contributed by atoms with Crippen LogP contribution in [-0.4, -0.2) is 9.13 Å². The van der Waals surface area contributed by atoms with Crippen LogP contribution in [0.15, 0.2) is 461 Å². The molecule has 0 spiro atoms. The molecule has 20 rings (SSSR count). The van der Waals surface area contributed by atoms with Crippen molar-refractivity contribution in [1.82, 2.24) is 9.13 Å². The lowest BCUT2D eigenvalue weighted by Crippen LogP contribution is -2.10. The summed E-state index contributed by atoms with van der Waals surface area (Å²) >= 11 is 0. The molecule has 0 atom stereocenters. The molecule has 0 saturated carbocycles. The monoisotopic (exact) mass is 1430 g/mol. The Bertz CT molecular complexity index is 6580. The minimum Gasteiger partial charge on any atom is -0.311 e. The van der Waals surface area contributed by atoms with Crippen LogP contribution in [0.3, 0.4) is 0 Å². The van der Waals surface area contributed by atoms with Crippen LogP contribution < -0.4 is 9.80 Å². The van der Waals surface area contributed by atoms with Gasteiger partial charge in [-0.1, -0.05) is 328 Å². The fraction of sp³-hybridized carbons (Fsp3) is 0. The molecule has 0 aliphatic carbocycles. The van der Waals surface area contributed by atoms with Crippen molar-refractivity contribution < 1.29 is 0 Å². The molecular weight excluding hydrogens is 1350 g/mol. The topological polar surface area (TPSA) is 16.3 Å². The summed E-state index contributed by atoms with van der Waals surface area (Å²) in [5, 5.41) is 4.97. The second-order valence-electron chi connectivity index (χ2n) is 28.4. The third-order valence-corrected chi connectivity index (χ3v) is 21.6. The predicted octanol–water partition coefficient (Wildman–Crippen LogP) is 29.8. The molecule has 2 aromatic heterocycles. The SMILES string of the molecule is c1ccc(-c2ccc(N(c3ccc(-c4ccc5c(c4)c4ccccc4n5-c4cccc(-c5ccccc5)c4)cc3)c3cccc(-c4ccccc4)c3)cc2)cc1.c1ccc(-c2ccc(N(c3ccc(-c4ccccc4)cc3)c3ccc(-c4ccc5c(c4)c4ccccc4n5-c4cccc(-c5ccccc5)c4)cc3)cc2)cc1. The molecule has 0 N–H and O–H groups in total. The first-order chi connectivity index (χ1) is 55.5. The van der Waals surface area contributed by atoms with Crippen molar-refractivity contribution in [2.75, 3.05) is 9.80 Å². The molecular formula is C108H76N4. The van der Waals surface area contributed by atoms with Crippen molar-refractivity contribution in [2.24, 2.45) is 0 Å². The van der Waals surface area contributed by atoms with Gasteiger partial charge >= 0.3 is 0 Å². The van der Waals surface area contributed by atoms with Gasteiger partial charge in [-0.2, -0.15) is 0 Å². The smallest absolute Gasteiger partial charge is 0.0541 e. The standard InChI is InChI=1S/2C54H38N2/c1-4-14-39(15-5-1)42-26-31-47(32-27-42)55(49-22-12-20-44(36-49)40-16-6-2-7-17-40)48-33-28-43(29-34-48)46-30-35-54-52(38-46)51-24-10-11-25-53(51)56(54)50-23-13-21-45(37-50)41-18-8-3-9-19-41;1-4-13-39(14-5-1)42-23-30-47(31-24-42)55(48-32-25-43(26-33-48)40-15-6-2-7-16-40)49-34-27-44(28-35-49)46-29-36-54-52(38-46)51-21-10-11-22-53(51)56(54)50-20-12-19-45(37-50)41-17-8-3-9-18-41/h2*1-38H. The Morgan fingerprint density at radius 2 is 0.339 bits per heavy atom. The molecule has 2 heterocycles. The van der Waals surface area contributed by atoms with Gasteiger partial charge in [0, 0.05) is 67.0 Å². The van der Waals surface area contributed by atoms with Gasteiger partial charge in [-0.3, -0.25) is 0 Å². The Labute approximate surface area is 653 Å². The predicted molar refractivity (Wildman–Crippen MR) is 474 cm³/mol. The van der Waals surface area contributed by atoms with Crippen molar-refractivity contribution >= 4 is 77.7 Å². The summed E-state index contributed by atoms with van der Waals surface area (Å²) in [7, 11) is 0. The molecule has 0 aliphatic rings. The number of rotatable bonds is 16. The lowest BCUT2D eigenvalue weighted by atomic mass is 10.0. The molecule has 0 bridgehead atoms. The molecule has 0 fully saturated rings. The van der Waals surface area contributed by atoms with Crippen molar-refractivity contribution in [3.05, 3.63) is 461 Å². The minimum atomic E-state index is 1.10. The average Bonchev–Trinajstić information content (AvgIpc) is 1.59. The highest BCUT2D eigenvalue weighted by atomic mass is 15.1. The Morgan fingerprint density at radius 1 is 0.125 bits per heavy atom. The van der Waals surface area contributed by atoms with E-state index in [1.54, 1.807) is 0 Å². The second kappa shape index (κ2) is 30.4. The van der Waals surface area contributed by atoms with E-state index >= 15 is 0 Å². The number of aromatic nitrogens is 2. The van der Waals surface area contributed by atoms with E-state index in [-0.39, 0.29) is 0 Å². The van der Waals surface area contributed by atoms with E-state index in [9.17, 15) is 0 Å². The lowest BCUT2D eigenvalue weighted by molar-refractivity contribution is 1.18. The zero-order valence-corrected chi connectivity index (χ0v) is 61.7. The molecule has 18 aromatic carbocycles. The third kappa shape index (κ3) is 13.6. The summed E-state index contributed by atoms with van der Waals surface area (Å²) in [5.41, 5.74) is 32.9. The van der Waals surface area contributed by atoms with Gasteiger partial charge in [0.2, 0.25) is 0 Å². The van der Waals surface area contributed by atoms with Crippen molar-refractivity contribution in [3.63, 3.8) is 0 Å². The quantitative estimate of drug-likeness (QED) is 0.0959. The summed E-state index contributed by atoms with van der Waals surface area (Å²) in [6, 6.07) is 166. The minimum absolute atomic E-state index is 1.10. The van der Waals surface area contributed by atoms with E-state index in [0.29, 0.717) is 0 Å². The Hall–Kier alpha value is -14.8. The zero-order valence-electron chi connectivity index (χ0n) is 61.7. The van der Waals surface area contributed by atoms with E-state index in [0.717, 1.165) is 45.5 Å². The fourth-order valence-electron chi connectivity index (χ4n) is 16.0. The highest BCUT2D eigenvalue weighted by Crippen LogP contribution is 2.44. The van der Waals surface area contributed by atoms with Crippen LogP contribution in [0.1, 0.15) is 0 Å². The van der Waals surface area contributed by atoms with E-state index in [2.05, 4.69) is 480 Å². The number of hydrogen-bond donors (Lipinski definition) is 0. The van der Waals surface area contributed by atoms with Crippen LogP contribution in [0.2, 0.25) is 0 Å². The van der Waals surface area contributed by atoms with Crippen LogP contribution in [-0.2, 0) is 0 Å². The maximum Gasteiger partial charge on any atom is 0.0541 e. The van der Waals surface area contributed by atoms with E-state index in [1.807, 2.05) is 0 Å². The number of anilines is 6. The Balaban J connectivity index is 0.000000151. The number of fused-ring (bicyclic) bond motifs is 6. The third-order valence-electron chi connectivity index (χ3n) is 21.6. The molecule has 4 nitrogen and oxygen atoms in total. The Kier molecular flexibility index (Phi) is 18.4.